The van der Waals surface area contributed by atoms with Gasteiger partial charge in [-0.05, 0) is 19.8 Å². The number of carbonyl (C=O) groups excluding carboxylic acids is 2. The zero-order valence-corrected chi connectivity index (χ0v) is 18.0. The smallest absolute Gasteiger partial charge is 0.337 e. The molecule has 0 spiro atoms. The van der Waals surface area contributed by atoms with Gasteiger partial charge in [0.2, 0.25) is 6.29 Å². The molecule has 2 rings (SSSR count). The van der Waals surface area contributed by atoms with Crippen molar-refractivity contribution in [1.82, 2.24) is 0 Å². The number of ether oxygens (including phenoxy) is 4. The molecule has 7 atom stereocenters. The Labute approximate surface area is 181 Å². The van der Waals surface area contributed by atoms with Crippen LogP contribution in [0.3, 0.4) is 0 Å². The number of hydrogen-bond acceptors (Lipinski definition) is 10. The first-order valence-corrected chi connectivity index (χ1v) is 10.3. The fourth-order valence-electron chi connectivity index (χ4n) is 3.82. The van der Waals surface area contributed by atoms with Crippen LogP contribution in [0.1, 0.15) is 33.1 Å². The van der Waals surface area contributed by atoms with Crippen LogP contribution in [0.5, 0.6) is 0 Å². The molecule has 5 unspecified atom stereocenters. The van der Waals surface area contributed by atoms with E-state index in [2.05, 4.69) is 0 Å². The van der Waals surface area contributed by atoms with Crippen molar-refractivity contribution in [2.24, 2.45) is 11.8 Å². The molecule has 1 fully saturated rings. The number of allylic oxidation sites excluding steroid dienone is 1. The van der Waals surface area contributed by atoms with Crippen molar-refractivity contribution < 1.29 is 49.0 Å². The first-order chi connectivity index (χ1) is 14.8. The van der Waals surface area contributed by atoms with Gasteiger partial charge in [0.05, 0.1) is 44.2 Å². The van der Waals surface area contributed by atoms with Gasteiger partial charge in [-0.2, -0.15) is 0 Å². The molecule has 1 aliphatic heterocycles. The molecule has 0 aromatic carbocycles. The normalized spacial score (nSPS) is 34.6. The SMILES string of the molecule is C/C=C1/[C@H](OC2CC(CO)C(O)C(O)C2O)OC=C(C(=O)OC)[C@H]1CC(=O)OCCC. The second kappa shape index (κ2) is 11.6. The van der Waals surface area contributed by atoms with Crippen molar-refractivity contribution in [1.29, 1.82) is 0 Å². The lowest BCUT2D eigenvalue weighted by atomic mass is 9.81. The van der Waals surface area contributed by atoms with E-state index in [1.165, 1.54) is 7.11 Å². The monoisotopic (exact) mass is 444 g/mol. The van der Waals surface area contributed by atoms with Crippen LogP contribution in [0.4, 0.5) is 0 Å². The average molecular weight is 444 g/mol. The van der Waals surface area contributed by atoms with Gasteiger partial charge in [-0.1, -0.05) is 13.0 Å². The Morgan fingerprint density at radius 3 is 2.52 bits per heavy atom. The van der Waals surface area contributed by atoms with Crippen LogP contribution in [0, 0.1) is 11.8 Å². The minimum Gasteiger partial charge on any atom is -0.468 e. The third-order valence-corrected chi connectivity index (χ3v) is 5.59. The Kier molecular flexibility index (Phi) is 9.45. The van der Waals surface area contributed by atoms with Crippen molar-refractivity contribution in [3.05, 3.63) is 23.5 Å². The summed E-state index contributed by atoms with van der Waals surface area (Å²) in [6.07, 6.45) is -2.86. The van der Waals surface area contributed by atoms with Crippen LogP contribution in [0.2, 0.25) is 0 Å². The van der Waals surface area contributed by atoms with Gasteiger partial charge in [0, 0.05) is 24.0 Å². The van der Waals surface area contributed by atoms with E-state index < -0.39 is 61.1 Å². The van der Waals surface area contributed by atoms with Gasteiger partial charge < -0.3 is 39.4 Å². The van der Waals surface area contributed by atoms with Gasteiger partial charge in [0.15, 0.2) is 0 Å². The molecule has 1 heterocycles. The number of rotatable bonds is 8. The Morgan fingerprint density at radius 1 is 1.23 bits per heavy atom. The second-order valence-corrected chi connectivity index (χ2v) is 7.62. The summed E-state index contributed by atoms with van der Waals surface area (Å²) in [6, 6.07) is 0. The number of hydrogen-bond donors (Lipinski definition) is 4. The van der Waals surface area contributed by atoms with Gasteiger partial charge in [-0.15, -0.1) is 0 Å². The summed E-state index contributed by atoms with van der Waals surface area (Å²) >= 11 is 0. The lowest BCUT2D eigenvalue weighted by molar-refractivity contribution is -0.219. The highest BCUT2D eigenvalue weighted by Gasteiger charge is 2.45. The highest BCUT2D eigenvalue weighted by atomic mass is 16.7. The van der Waals surface area contributed by atoms with E-state index in [4.69, 9.17) is 18.9 Å². The van der Waals surface area contributed by atoms with Crippen LogP contribution < -0.4 is 0 Å². The Morgan fingerprint density at radius 2 is 1.94 bits per heavy atom. The molecule has 1 saturated carbocycles. The topological polar surface area (TPSA) is 152 Å². The number of esters is 2. The fourth-order valence-corrected chi connectivity index (χ4v) is 3.82. The van der Waals surface area contributed by atoms with E-state index in [1.807, 2.05) is 6.92 Å². The predicted octanol–water partition coefficient (Wildman–Crippen LogP) is -0.215. The molecule has 4 N–H and O–H groups in total. The van der Waals surface area contributed by atoms with Gasteiger partial charge >= 0.3 is 11.9 Å². The van der Waals surface area contributed by atoms with Crippen LogP contribution in [-0.4, -0.2) is 83.4 Å². The molecule has 0 aromatic rings. The molecule has 10 nitrogen and oxygen atoms in total. The Balaban J connectivity index is 2.25. The van der Waals surface area contributed by atoms with E-state index in [1.54, 1.807) is 13.0 Å². The average Bonchev–Trinajstić information content (AvgIpc) is 2.77. The molecule has 0 bridgehead atoms. The third-order valence-electron chi connectivity index (χ3n) is 5.59. The number of aliphatic hydroxyl groups is 4. The van der Waals surface area contributed by atoms with Crippen molar-refractivity contribution >= 4 is 11.9 Å². The molecule has 176 valence electrons. The number of methoxy groups -OCH3 is 1. The maximum atomic E-state index is 12.3. The van der Waals surface area contributed by atoms with E-state index >= 15 is 0 Å². The van der Waals surface area contributed by atoms with Gasteiger partial charge in [-0.25, -0.2) is 4.79 Å². The van der Waals surface area contributed by atoms with Crippen LogP contribution in [0.15, 0.2) is 23.5 Å². The van der Waals surface area contributed by atoms with Crippen molar-refractivity contribution in [3.8, 4) is 0 Å². The molecular weight excluding hydrogens is 412 g/mol. The number of aliphatic hydroxyl groups excluding tert-OH is 4. The van der Waals surface area contributed by atoms with Gasteiger partial charge in [-0.3, -0.25) is 4.79 Å². The van der Waals surface area contributed by atoms with E-state index in [0.717, 1.165) is 6.26 Å². The largest absolute Gasteiger partial charge is 0.468 e. The van der Waals surface area contributed by atoms with Crippen LogP contribution in [0.25, 0.3) is 0 Å². The molecular formula is C21H32O10. The zero-order valence-electron chi connectivity index (χ0n) is 18.0. The predicted molar refractivity (Wildman–Crippen MR) is 106 cm³/mol. The molecule has 0 saturated heterocycles. The minimum absolute atomic E-state index is 0.0729. The van der Waals surface area contributed by atoms with Gasteiger partial charge in [0.1, 0.15) is 12.2 Å². The maximum Gasteiger partial charge on any atom is 0.337 e. The quantitative estimate of drug-likeness (QED) is 0.292. The molecule has 2 aliphatic rings. The van der Waals surface area contributed by atoms with Crippen molar-refractivity contribution in [3.63, 3.8) is 0 Å². The summed E-state index contributed by atoms with van der Waals surface area (Å²) in [4.78, 5) is 24.5. The molecule has 31 heavy (non-hydrogen) atoms. The summed E-state index contributed by atoms with van der Waals surface area (Å²) in [5, 5.41) is 39.9. The lowest BCUT2D eigenvalue weighted by Crippen LogP contribution is -2.56. The highest BCUT2D eigenvalue weighted by molar-refractivity contribution is 5.90. The van der Waals surface area contributed by atoms with Crippen molar-refractivity contribution in [2.75, 3.05) is 20.3 Å². The number of carbonyl (C=O) groups is 2. The standard InChI is InChI=1S/C21H32O10/c1-4-6-29-16(23)8-13-12(5-2)21(30-10-14(13)20(27)28-3)31-15-7-11(9-22)17(24)19(26)18(15)25/h5,10-11,13,15,17-19,21-22,24-26H,4,6-9H2,1-3H3/b12-5+/t11?,13-,15?,17?,18?,19?,21-/m0/s1. The molecule has 0 radical (unpaired) electrons. The summed E-state index contributed by atoms with van der Waals surface area (Å²) < 4.78 is 21.4. The Hall–Kier alpha value is -1.98. The molecule has 1 aliphatic carbocycles. The fraction of sp³-hybridized carbons (Fsp3) is 0.714. The summed E-state index contributed by atoms with van der Waals surface area (Å²) in [7, 11) is 1.22. The van der Waals surface area contributed by atoms with Gasteiger partial charge in [0.25, 0.3) is 0 Å². The van der Waals surface area contributed by atoms with E-state index in [9.17, 15) is 30.0 Å². The lowest BCUT2D eigenvalue weighted by Gasteiger charge is -2.42. The summed E-state index contributed by atoms with van der Waals surface area (Å²) in [5.41, 5.74) is 0.571. The first-order valence-electron chi connectivity index (χ1n) is 10.3. The summed E-state index contributed by atoms with van der Waals surface area (Å²) in [6.45, 7) is 3.40. The second-order valence-electron chi connectivity index (χ2n) is 7.62. The Bertz CT molecular complexity index is 686. The first kappa shape index (κ1) is 25.3. The third kappa shape index (κ3) is 5.83. The molecule has 10 heteroatoms. The minimum atomic E-state index is -1.51. The van der Waals surface area contributed by atoms with Crippen molar-refractivity contribution in [2.45, 2.75) is 63.8 Å². The van der Waals surface area contributed by atoms with Crippen LogP contribution in [-0.2, 0) is 28.5 Å². The van der Waals surface area contributed by atoms with E-state index in [-0.39, 0.29) is 25.0 Å². The highest BCUT2D eigenvalue weighted by Crippen LogP contribution is 2.37. The van der Waals surface area contributed by atoms with Crippen LogP contribution >= 0.6 is 0 Å². The zero-order chi connectivity index (χ0) is 23.1. The maximum absolute atomic E-state index is 12.3. The summed E-state index contributed by atoms with van der Waals surface area (Å²) in [5.74, 6) is -2.59. The molecule has 0 amide bonds. The molecule has 0 aromatic heterocycles. The van der Waals surface area contributed by atoms with E-state index in [0.29, 0.717) is 12.0 Å².